The molecule has 1 aliphatic heterocycles. The van der Waals surface area contributed by atoms with Crippen LogP contribution in [0, 0.1) is 5.82 Å². The maximum absolute atomic E-state index is 13.6. The van der Waals surface area contributed by atoms with Crippen LogP contribution < -0.4 is 5.32 Å². The second-order valence-electron chi connectivity index (χ2n) is 6.17. The summed E-state index contributed by atoms with van der Waals surface area (Å²) in [6.07, 6.45) is 3.18. The molecule has 1 fully saturated rings. The summed E-state index contributed by atoms with van der Waals surface area (Å²) in [5.41, 5.74) is 1.00. The lowest BCUT2D eigenvalue weighted by Crippen LogP contribution is -2.36. The number of hydrogen-bond donors (Lipinski definition) is 1. The highest BCUT2D eigenvalue weighted by molar-refractivity contribution is 8.00. The first-order valence-electron chi connectivity index (χ1n) is 8.70. The van der Waals surface area contributed by atoms with E-state index < -0.39 is 0 Å². The van der Waals surface area contributed by atoms with Gasteiger partial charge in [-0.15, -0.1) is 11.8 Å². The maximum atomic E-state index is 13.6. The van der Waals surface area contributed by atoms with Gasteiger partial charge in [0.25, 0.3) is 5.91 Å². The van der Waals surface area contributed by atoms with Crippen molar-refractivity contribution in [2.24, 2.45) is 0 Å². The first kappa shape index (κ1) is 18.5. The maximum Gasteiger partial charge on any atom is 0.255 e. The molecule has 1 heterocycles. The van der Waals surface area contributed by atoms with Crippen molar-refractivity contribution >= 4 is 29.3 Å². The minimum Gasteiger partial charge on any atom is -0.339 e. The normalized spacial score (nSPS) is 14.1. The number of likely N-dealkylation sites (tertiary alicyclic amines) is 1. The fourth-order valence-corrected chi connectivity index (χ4v) is 3.68. The lowest BCUT2D eigenvalue weighted by molar-refractivity contribution is -0.113. The molecule has 4 nitrogen and oxygen atoms in total. The molecule has 1 aliphatic rings. The summed E-state index contributed by atoms with van der Waals surface area (Å²) < 4.78 is 13.6. The van der Waals surface area contributed by atoms with Gasteiger partial charge in [0.15, 0.2) is 0 Å². The van der Waals surface area contributed by atoms with Gasteiger partial charge in [0.05, 0.1) is 17.0 Å². The van der Waals surface area contributed by atoms with Gasteiger partial charge in [0.2, 0.25) is 5.91 Å². The molecule has 0 aromatic heterocycles. The average molecular weight is 372 g/mol. The first-order valence-corrected chi connectivity index (χ1v) is 9.69. The summed E-state index contributed by atoms with van der Waals surface area (Å²) in [5, 5.41) is 2.79. The third kappa shape index (κ3) is 4.64. The topological polar surface area (TPSA) is 49.4 Å². The van der Waals surface area contributed by atoms with E-state index in [1.807, 2.05) is 4.90 Å². The van der Waals surface area contributed by atoms with Gasteiger partial charge < -0.3 is 10.2 Å². The Kier molecular flexibility index (Phi) is 6.28. The van der Waals surface area contributed by atoms with Crippen LogP contribution in [0.2, 0.25) is 0 Å². The van der Waals surface area contributed by atoms with Gasteiger partial charge in [-0.2, -0.15) is 0 Å². The molecule has 0 radical (unpaired) electrons. The van der Waals surface area contributed by atoms with Crippen LogP contribution in [-0.4, -0.2) is 35.6 Å². The zero-order valence-electron chi connectivity index (χ0n) is 14.4. The Hall–Kier alpha value is -2.34. The fraction of sp³-hybridized carbons (Fsp3) is 0.300. The summed E-state index contributed by atoms with van der Waals surface area (Å²) in [6, 6.07) is 13.4. The van der Waals surface area contributed by atoms with Crippen LogP contribution in [-0.2, 0) is 4.79 Å². The molecule has 3 rings (SSSR count). The lowest BCUT2D eigenvalue weighted by Gasteiger charge is -2.27. The first-order chi connectivity index (χ1) is 12.6. The highest BCUT2D eigenvalue weighted by Gasteiger charge is 2.21. The third-order valence-electron chi connectivity index (χ3n) is 4.27. The molecule has 1 saturated heterocycles. The van der Waals surface area contributed by atoms with Crippen LogP contribution >= 0.6 is 11.8 Å². The average Bonchev–Trinajstić information content (AvgIpc) is 2.68. The van der Waals surface area contributed by atoms with Gasteiger partial charge in [-0.3, -0.25) is 9.59 Å². The smallest absolute Gasteiger partial charge is 0.255 e. The van der Waals surface area contributed by atoms with Crippen molar-refractivity contribution in [2.45, 2.75) is 24.2 Å². The zero-order valence-corrected chi connectivity index (χ0v) is 15.2. The Morgan fingerprint density at radius 3 is 2.46 bits per heavy atom. The standard InChI is InChI=1S/C20H21FN2O2S/c21-16-9-3-5-11-18(16)26-14-19(24)22-17-10-4-2-8-15(17)20(25)23-12-6-1-7-13-23/h2-5,8-11H,1,6-7,12-14H2,(H,22,24). The lowest BCUT2D eigenvalue weighted by atomic mass is 10.1. The second kappa shape index (κ2) is 8.85. The Morgan fingerprint density at radius 1 is 1.00 bits per heavy atom. The van der Waals surface area contributed by atoms with E-state index in [0.717, 1.165) is 44.1 Å². The monoisotopic (exact) mass is 372 g/mol. The number of nitrogens with zero attached hydrogens (tertiary/aromatic N) is 1. The van der Waals surface area contributed by atoms with Crippen LogP contribution in [0.15, 0.2) is 53.4 Å². The molecule has 2 aromatic carbocycles. The minimum atomic E-state index is -0.342. The van der Waals surface area contributed by atoms with Gasteiger partial charge >= 0.3 is 0 Å². The number of thioether (sulfide) groups is 1. The number of piperidine rings is 1. The number of carbonyl (C=O) groups excluding carboxylic acids is 2. The van der Waals surface area contributed by atoms with Crippen LogP contribution in [0.3, 0.4) is 0 Å². The molecule has 1 N–H and O–H groups in total. The number of hydrogen-bond acceptors (Lipinski definition) is 3. The number of benzene rings is 2. The second-order valence-corrected chi connectivity index (χ2v) is 7.18. The molecular weight excluding hydrogens is 351 g/mol. The number of para-hydroxylation sites is 1. The molecule has 136 valence electrons. The predicted molar refractivity (Wildman–Crippen MR) is 102 cm³/mol. The van der Waals surface area contributed by atoms with Gasteiger partial charge in [-0.05, 0) is 43.5 Å². The van der Waals surface area contributed by atoms with Gasteiger partial charge in [-0.1, -0.05) is 24.3 Å². The quantitative estimate of drug-likeness (QED) is 0.801. The zero-order chi connectivity index (χ0) is 18.4. The number of amides is 2. The summed E-state index contributed by atoms with van der Waals surface area (Å²) in [7, 11) is 0. The van der Waals surface area contributed by atoms with Crippen molar-refractivity contribution in [3.63, 3.8) is 0 Å². The minimum absolute atomic E-state index is 0.0534. The van der Waals surface area contributed by atoms with E-state index >= 15 is 0 Å². The van der Waals surface area contributed by atoms with Crippen LogP contribution in [0.5, 0.6) is 0 Å². The van der Waals surface area contributed by atoms with Gasteiger partial charge in [-0.25, -0.2) is 4.39 Å². The summed E-state index contributed by atoms with van der Waals surface area (Å²) in [4.78, 5) is 27.3. The molecule has 2 amide bonds. The fourth-order valence-electron chi connectivity index (χ4n) is 2.94. The van der Waals surface area contributed by atoms with E-state index in [-0.39, 0.29) is 23.4 Å². The van der Waals surface area contributed by atoms with Crippen LogP contribution in [0.4, 0.5) is 10.1 Å². The van der Waals surface area contributed by atoms with Crippen molar-refractivity contribution in [2.75, 3.05) is 24.2 Å². The number of halogens is 1. The Balaban J connectivity index is 1.65. The third-order valence-corrected chi connectivity index (χ3v) is 5.32. The van der Waals surface area contributed by atoms with E-state index in [9.17, 15) is 14.0 Å². The van der Waals surface area contributed by atoms with Crippen molar-refractivity contribution in [3.05, 3.63) is 59.9 Å². The predicted octanol–water partition coefficient (Wildman–Crippen LogP) is 4.18. The highest BCUT2D eigenvalue weighted by atomic mass is 32.2. The molecule has 0 saturated carbocycles. The Morgan fingerprint density at radius 2 is 1.69 bits per heavy atom. The summed E-state index contributed by atoms with van der Waals surface area (Å²) in [5.74, 6) is -0.585. The molecule has 0 unspecified atom stereocenters. The van der Waals surface area contributed by atoms with E-state index in [0.29, 0.717) is 16.1 Å². The van der Waals surface area contributed by atoms with E-state index in [4.69, 9.17) is 0 Å². The molecule has 6 heteroatoms. The van der Waals surface area contributed by atoms with E-state index in [2.05, 4.69) is 5.32 Å². The summed E-state index contributed by atoms with van der Waals surface area (Å²) in [6.45, 7) is 1.51. The number of nitrogens with one attached hydrogen (secondary N) is 1. The molecule has 0 spiro atoms. The molecule has 0 atom stereocenters. The van der Waals surface area contributed by atoms with Crippen molar-refractivity contribution in [1.82, 2.24) is 4.90 Å². The Bertz CT molecular complexity index is 791. The summed E-state index contributed by atoms with van der Waals surface area (Å²) >= 11 is 1.13. The van der Waals surface area contributed by atoms with Crippen molar-refractivity contribution < 1.29 is 14.0 Å². The largest absolute Gasteiger partial charge is 0.339 e. The van der Waals surface area contributed by atoms with E-state index in [1.165, 1.54) is 6.07 Å². The number of anilines is 1. The molecule has 2 aromatic rings. The van der Waals surface area contributed by atoms with Crippen molar-refractivity contribution in [1.29, 1.82) is 0 Å². The van der Waals surface area contributed by atoms with Gasteiger partial charge in [0.1, 0.15) is 5.82 Å². The number of rotatable bonds is 5. The van der Waals surface area contributed by atoms with Crippen LogP contribution in [0.25, 0.3) is 0 Å². The Labute approximate surface area is 156 Å². The molecule has 0 aliphatic carbocycles. The van der Waals surface area contributed by atoms with Crippen LogP contribution in [0.1, 0.15) is 29.6 Å². The van der Waals surface area contributed by atoms with Crippen molar-refractivity contribution in [3.8, 4) is 0 Å². The number of carbonyl (C=O) groups is 2. The molecule has 26 heavy (non-hydrogen) atoms. The van der Waals surface area contributed by atoms with E-state index in [1.54, 1.807) is 42.5 Å². The SMILES string of the molecule is O=C(CSc1ccccc1F)Nc1ccccc1C(=O)N1CCCCC1. The van der Waals surface area contributed by atoms with Gasteiger partial charge in [0, 0.05) is 18.0 Å². The molecule has 0 bridgehead atoms. The highest BCUT2D eigenvalue weighted by Crippen LogP contribution is 2.23. The molecular formula is C20H21FN2O2S.